The van der Waals surface area contributed by atoms with Gasteiger partial charge in [-0.25, -0.2) is 0 Å². The number of nitrogens with zero attached hydrogens (tertiary/aromatic N) is 1. The number of rotatable bonds is 2. The Labute approximate surface area is 71.0 Å². The Kier molecular flexibility index (Phi) is 3.00. The van der Waals surface area contributed by atoms with Gasteiger partial charge in [-0.1, -0.05) is 29.8 Å². The lowest BCUT2D eigenvalue weighted by Gasteiger charge is -1.96. The summed E-state index contributed by atoms with van der Waals surface area (Å²) in [7, 11) is 0. The molecule has 0 spiro atoms. The first-order valence-corrected chi connectivity index (χ1v) is 4.38. The second-order valence-corrected chi connectivity index (χ2v) is 3.13. The minimum Gasteiger partial charge on any atom is -0.185 e. The molecular formula is C9H9NS. The molecule has 56 valence electrons. The molecule has 0 aromatic heterocycles. The van der Waals surface area contributed by atoms with E-state index in [1.54, 1.807) is 0 Å². The molecule has 0 N–H and O–H groups in total. The maximum Gasteiger partial charge on any atom is 0.133 e. The van der Waals surface area contributed by atoms with Gasteiger partial charge in [0.25, 0.3) is 0 Å². The van der Waals surface area contributed by atoms with E-state index in [1.807, 2.05) is 12.1 Å². The van der Waals surface area contributed by atoms with Gasteiger partial charge in [-0.3, -0.25) is 0 Å². The lowest BCUT2D eigenvalue weighted by Crippen LogP contribution is -1.79. The summed E-state index contributed by atoms with van der Waals surface area (Å²) in [6.07, 6.45) is 0. The summed E-state index contributed by atoms with van der Waals surface area (Å²) < 4.78 is 0. The number of hydrogen-bond acceptors (Lipinski definition) is 2. The number of aryl methyl sites for hydroxylation is 1. The van der Waals surface area contributed by atoms with Gasteiger partial charge in [0.15, 0.2) is 0 Å². The molecule has 1 nitrogen and oxygen atoms in total. The highest BCUT2D eigenvalue weighted by Gasteiger charge is 1.91. The van der Waals surface area contributed by atoms with Crippen LogP contribution >= 0.6 is 11.8 Å². The average Bonchev–Trinajstić information content (AvgIpc) is 2.01. The Morgan fingerprint density at radius 1 is 1.55 bits per heavy atom. The maximum absolute atomic E-state index is 8.31. The summed E-state index contributed by atoms with van der Waals surface area (Å²) in [5, 5.41) is 10.4. The van der Waals surface area contributed by atoms with E-state index in [9.17, 15) is 0 Å². The molecule has 0 saturated heterocycles. The first-order chi connectivity index (χ1) is 5.33. The Bertz CT molecular complexity index is 275. The molecule has 0 fully saturated rings. The first-order valence-electron chi connectivity index (χ1n) is 3.39. The normalized spacial score (nSPS) is 9.09. The van der Waals surface area contributed by atoms with Crippen LogP contribution in [0.2, 0.25) is 0 Å². The predicted octanol–water partition coefficient (Wildman–Crippen LogP) is 2.71. The molecule has 2 heteroatoms. The predicted molar refractivity (Wildman–Crippen MR) is 48.1 cm³/mol. The van der Waals surface area contributed by atoms with Gasteiger partial charge in [-0.15, -0.1) is 0 Å². The lowest BCUT2D eigenvalue weighted by atomic mass is 10.2. The van der Waals surface area contributed by atoms with Gasteiger partial charge in [0, 0.05) is 5.75 Å². The number of nitriles is 1. The zero-order valence-electron chi connectivity index (χ0n) is 6.37. The molecule has 0 radical (unpaired) electrons. The van der Waals surface area contributed by atoms with Gasteiger partial charge in [0.05, 0.1) is 0 Å². The van der Waals surface area contributed by atoms with E-state index >= 15 is 0 Å². The van der Waals surface area contributed by atoms with E-state index in [-0.39, 0.29) is 0 Å². The van der Waals surface area contributed by atoms with E-state index in [0.29, 0.717) is 0 Å². The van der Waals surface area contributed by atoms with E-state index in [4.69, 9.17) is 5.26 Å². The molecule has 1 aromatic carbocycles. The summed E-state index contributed by atoms with van der Waals surface area (Å²) in [5.41, 5.74) is 2.47. The average molecular weight is 163 g/mol. The van der Waals surface area contributed by atoms with E-state index in [0.717, 1.165) is 5.75 Å². The van der Waals surface area contributed by atoms with Gasteiger partial charge in [-0.2, -0.15) is 5.26 Å². The molecule has 0 heterocycles. The molecule has 0 aliphatic heterocycles. The number of thioether (sulfide) groups is 1. The highest BCUT2D eigenvalue weighted by molar-refractivity contribution is 8.02. The van der Waals surface area contributed by atoms with Crippen LogP contribution in [0.25, 0.3) is 0 Å². The van der Waals surface area contributed by atoms with Gasteiger partial charge in [-0.05, 0) is 24.2 Å². The summed E-state index contributed by atoms with van der Waals surface area (Å²) in [6.45, 7) is 2.06. The van der Waals surface area contributed by atoms with Crippen molar-refractivity contribution < 1.29 is 0 Å². The zero-order chi connectivity index (χ0) is 8.10. The van der Waals surface area contributed by atoms with Crippen molar-refractivity contribution in [2.75, 3.05) is 0 Å². The molecule has 0 bridgehead atoms. The smallest absolute Gasteiger partial charge is 0.133 e. The Balaban J connectivity index is 2.65. The summed E-state index contributed by atoms with van der Waals surface area (Å²) >= 11 is 1.28. The highest BCUT2D eigenvalue weighted by Crippen LogP contribution is 2.11. The third-order valence-corrected chi connectivity index (χ3v) is 1.99. The molecule has 0 aliphatic carbocycles. The van der Waals surface area contributed by atoms with E-state index < -0.39 is 0 Å². The zero-order valence-corrected chi connectivity index (χ0v) is 7.19. The van der Waals surface area contributed by atoms with Crippen molar-refractivity contribution in [1.82, 2.24) is 0 Å². The van der Waals surface area contributed by atoms with Crippen LogP contribution in [0.1, 0.15) is 11.1 Å². The molecule has 1 aromatic rings. The molecule has 0 unspecified atom stereocenters. The number of thiocyanates is 1. The van der Waals surface area contributed by atoms with Crippen LogP contribution < -0.4 is 0 Å². The molecule has 1 rings (SSSR count). The van der Waals surface area contributed by atoms with Crippen LogP contribution in [0.3, 0.4) is 0 Å². The number of benzene rings is 1. The van der Waals surface area contributed by atoms with Crippen LogP contribution in [-0.4, -0.2) is 0 Å². The summed E-state index contributed by atoms with van der Waals surface area (Å²) in [5.74, 6) is 0.790. The van der Waals surface area contributed by atoms with Crippen molar-refractivity contribution in [3.8, 4) is 5.40 Å². The van der Waals surface area contributed by atoms with E-state index in [2.05, 4.69) is 24.5 Å². The topological polar surface area (TPSA) is 23.8 Å². The Morgan fingerprint density at radius 3 is 3.00 bits per heavy atom. The van der Waals surface area contributed by atoms with Gasteiger partial charge in [0.2, 0.25) is 0 Å². The van der Waals surface area contributed by atoms with Crippen LogP contribution in [0, 0.1) is 17.6 Å². The third-order valence-electron chi connectivity index (χ3n) is 1.39. The standard InChI is InChI=1S/C9H9NS/c1-8-3-2-4-9(5-8)6-11-7-10/h2-5H,6H2,1H3. The fraction of sp³-hybridized carbons (Fsp3) is 0.222. The fourth-order valence-corrected chi connectivity index (χ4v) is 1.33. The first kappa shape index (κ1) is 8.16. The van der Waals surface area contributed by atoms with Gasteiger partial charge in [0.1, 0.15) is 5.40 Å². The fourth-order valence-electron chi connectivity index (χ4n) is 0.918. The quantitative estimate of drug-likeness (QED) is 0.626. The van der Waals surface area contributed by atoms with Crippen molar-refractivity contribution >= 4 is 11.8 Å². The van der Waals surface area contributed by atoms with Crippen LogP contribution in [0.15, 0.2) is 24.3 Å². The van der Waals surface area contributed by atoms with Crippen LogP contribution in [0.4, 0.5) is 0 Å². The highest BCUT2D eigenvalue weighted by atomic mass is 32.2. The van der Waals surface area contributed by atoms with Gasteiger partial charge < -0.3 is 0 Å². The monoisotopic (exact) mass is 163 g/mol. The van der Waals surface area contributed by atoms with Crippen LogP contribution in [0.5, 0.6) is 0 Å². The van der Waals surface area contributed by atoms with Crippen molar-refractivity contribution in [1.29, 1.82) is 5.26 Å². The lowest BCUT2D eigenvalue weighted by molar-refractivity contribution is 1.36. The summed E-state index contributed by atoms with van der Waals surface area (Å²) in [6, 6.07) is 8.21. The molecular weight excluding hydrogens is 154 g/mol. The van der Waals surface area contributed by atoms with Crippen LogP contribution in [-0.2, 0) is 5.75 Å². The van der Waals surface area contributed by atoms with Gasteiger partial charge >= 0.3 is 0 Å². The third kappa shape index (κ3) is 2.65. The van der Waals surface area contributed by atoms with Crippen molar-refractivity contribution in [2.45, 2.75) is 12.7 Å². The second kappa shape index (κ2) is 4.05. The minimum atomic E-state index is 0.790. The van der Waals surface area contributed by atoms with Crippen molar-refractivity contribution in [3.63, 3.8) is 0 Å². The molecule has 11 heavy (non-hydrogen) atoms. The second-order valence-electron chi connectivity index (χ2n) is 2.37. The molecule has 0 saturated carbocycles. The Hall–Kier alpha value is -0.940. The SMILES string of the molecule is Cc1cccc(CSC#N)c1. The minimum absolute atomic E-state index is 0.790. The number of hydrogen-bond donors (Lipinski definition) is 0. The molecule has 0 amide bonds. The Morgan fingerprint density at radius 2 is 2.36 bits per heavy atom. The largest absolute Gasteiger partial charge is 0.185 e. The van der Waals surface area contributed by atoms with Crippen molar-refractivity contribution in [2.24, 2.45) is 0 Å². The molecule has 0 atom stereocenters. The summed E-state index contributed by atoms with van der Waals surface area (Å²) in [4.78, 5) is 0. The van der Waals surface area contributed by atoms with E-state index in [1.165, 1.54) is 22.9 Å². The maximum atomic E-state index is 8.31. The molecule has 0 aliphatic rings. The van der Waals surface area contributed by atoms with Crippen molar-refractivity contribution in [3.05, 3.63) is 35.4 Å².